The molecule has 0 fully saturated rings. The first-order chi connectivity index (χ1) is 13.4. The fraction of sp³-hybridized carbons (Fsp3) is 0.250. The average molecular weight is 400 g/mol. The topological polar surface area (TPSA) is 88.9 Å². The minimum absolute atomic E-state index is 0.190. The third-order valence-corrected chi connectivity index (χ3v) is 6.52. The Morgan fingerprint density at radius 3 is 2.71 bits per heavy atom. The lowest BCUT2D eigenvalue weighted by molar-refractivity contribution is 0.0964. The van der Waals surface area contributed by atoms with Crippen molar-refractivity contribution in [3.8, 4) is 5.75 Å². The molecule has 146 valence electrons. The van der Waals surface area contributed by atoms with E-state index >= 15 is 0 Å². The van der Waals surface area contributed by atoms with Crippen LogP contribution < -0.4 is 14.4 Å². The van der Waals surface area contributed by atoms with Crippen molar-refractivity contribution in [1.29, 1.82) is 0 Å². The maximum Gasteiger partial charge on any atom is 0.294 e. The van der Waals surface area contributed by atoms with Gasteiger partial charge in [0, 0.05) is 29.2 Å². The molecule has 1 aliphatic rings. The minimum Gasteiger partial charge on any atom is -0.497 e. The number of ether oxygens (including phenoxy) is 1. The Balaban J connectivity index is 1.72. The van der Waals surface area contributed by atoms with Gasteiger partial charge in [0.15, 0.2) is 5.76 Å². The molecule has 1 N–H and O–H groups in total. The molecule has 0 saturated heterocycles. The summed E-state index contributed by atoms with van der Waals surface area (Å²) in [5.74, 6) is 0.698. The van der Waals surface area contributed by atoms with Gasteiger partial charge in [-0.1, -0.05) is 0 Å². The quantitative estimate of drug-likeness (QED) is 0.727. The number of carbonyl (C=O) groups is 1. The number of fused-ring (bicyclic) bond motifs is 2. The molecule has 2 heterocycles. The fourth-order valence-corrected chi connectivity index (χ4v) is 4.31. The van der Waals surface area contributed by atoms with Crippen LogP contribution in [0.25, 0.3) is 11.0 Å². The number of aryl methyl sites for hydroxylation is 1. The summed E-state index contributed by atoms with van der Waals surface area (Å²) in [5.41, 5.74) is 2.89. The molecule has 0 aliphatic carbocycles. The molecule has 0 atom stereocenters. The molecule has 4 rings (SSSR count). The average Bonchev–Trinajstić information content (AvgIpc) is 3.27. The number of hydrogen-bond donors (Lipinski definition) is 1. The van der Waals surface area contributed by atoms with Gasteiger partial charge in [-0.2, -0.15) is 0 Å². The van der Waals surface area contributed by atoms with Crippen molar-refractivity contribution >= 4 is 32.6 Å². The van der Waals surface area contributed by atoms with E-state index in [-0.39, 0.29) is 16.6 Å². The number of anilines is 1. The summed E-state index contributed by atoms with van der Waals surface area (Å²) in [6, 6.07) is 10.2. The standard InChI is InChI=1S/C20H20N2O5S/c1-12-16-6-4-14(26-3)11-18(16)27-19(12)20(23)22-9-8-13-10-15(5-7-17(13)22)28(24,25)21-2/h4-7,10-11,21H,8-9H2,1-3H3. The molecule has 2 aromatic carbocycles. The van der Waals surface area contributed by atoms with Gasteiger partial charge in [0.05, 0.1) is 12.0 Å². The van der Waals surface area contributed by atoms with Crippen LogP contribution in [-0.2, 0) is 16.4 Å². The van der Waals surface area contributed by atoms with Crippen LogP contribution in [0.1, 0.15) is 21.7 Å². The summed E-state index contributed by atoms with van der Waals surface area (Å²) in [5, 5.41) is 0.860. The first-order valence-electron chi connectivity index (χ1n) is 8.81. The molecule has 1 amide bonds. The lowest BCUT2D eigenvalue weighted by Gasteiger charge is -2.16. The normalized spacial score (nSPS) is 13.8. The summed E-state index contributed by atoms with van der Waals surface area (Å²) < 4.78 is 37.4. The van der Waals surface area contributed by atoms with Gasteiger partial charge >= 0.3 is 0 Å². The third kappa shape index (κ3) is 2.85. The van der Waals surface area contributed by atoms with E-state index < -0.39 is 10.0 Å². The van der Waals surface area contributed by atoms with E-state index in [9.17, 15) is 13.2 Å². The van der Waals surface area contributed by atoms with Gasteiger partial charge in [0.25, 0.3) is 5.91 Å². The van der Waals surface area contributed by atoms with Gasteiger partial charge in [-0.25, -0.2) is 13.1 Å². The number of amides is 1. The van der Waals surface area contributed by atoms with E-state index in [0.29, 0.717) is 30.0 Å². The summed E-state index contributed by atoms with van der Waals surface area (Å²) in [4.78, 5) is 15.0. The smallest absolute Gasteiger partial charge is 0.294 e. The van der Waals surface area contributed by atoms with Crippen LogP contribution in [0.4, 0.5) is 5.69 Å². The van der Waals surface area contributed by atoms with Crippen molar-refractivity contribution in [1.82, 2.24) is 4.72 Å². The second kappa shape index (κ2) is 6.65. The zero-order chi connectivity index (χ0) is 20.1. The zero-order valence-corrected chi connectivity index (χ0v) is 16.6. The van der Waals surface area contributed by atoms with E-state index in [1.165, 1.54) is 13.1 Å². The first-order valence-corrected chi connectivity index (χ1v) is 10.3. The molecule has 0 saturated carbocycles. The zero-order valence-electron chi connectivity index (χ0n) is 15.8. The van der Waals surface area contributed by atoms with Crippen molar-refractivity contribution in [2.75, 3.05) is 25.6 Å². The van der Waals surface area contributed by atoms with Gasteiger partial charge in [-0.3, -0.25) is 4.79 Å². The van der Waals surface area contributed by atoms with Gasteiger partial charge in [0.1, 0.15) is 11.3 Å². The SMILES string of the molecule is CNS(=O)(=O)c1ccc2c(c1)CCN2C(=O)c1oc2cc(OC)ccc2c1C. The summed E-state index contributed by atoms with van der Waals surface area (Å²) in [6.45, 7) is 2.32. The minimum atomic E-state index is -3.52. The molecule has 7 nitrogen and oxygen atoms in total. The van der Waals surface area contributed by atoms with E-state index in [1.54, 1.807) is 30.2 Å². The monoisotopic (exact) mass is 400 g/mol. The molecule has 8 heteroatoms. The Labute approximate surface area is 162 Å². The number of benzene rings is 2. The van der Waals surface area contributed by atoms with Gasteiger partial charge in [-0.15, -0.1) is 0 Å². The number of rotatable bonds is 4. The highest BCUT2D eigenvalue weighted by Gasteiger charge is 2.30. The second-order valence-corrected chi connectivity index (χ2v) is 8.51. The van der Waals surface area contributed by atoms with Crippen LogP contribution >= 0.6 is 0 Å². The first kappa shape index (κ1) is 18.5. The predicted octanol–water partition coefficient (Wildman–Crippen LogP) is 2.86. The number of carbonyl (C=O) groups excluding carboxylic acids is 1. The molecule has 0 unspecified atom stereocenters. The second-order valence-electron chi connectivity index (χ2n) is 6.62. The lowest BCUT2D eigenvalue weighted by Crippen LogP contribution is -2.29. The lowest BCUT2D eigenvalue weighted by atomic mass is 10.1. The van der Waals surface area contributed by atoms with Crippen LogP contribution in [0.15, 0.2) is 45.7 Å². The summed E-state index contributed by atoms with van der Waals surface area (Å²) >= 11 is 0. The highest BCUT2D eigenvalue weighted by Crippen LogP contribution is 2.34. The number of sulfonamides is 1. The molecule has 0 bridgehead atoms. The van der Waals surface area contributed by atoms with Crippen LogP contribution in [0.2, 0.25) is 0 Å². The maximum atomic E-state index is 13.2. The van der Waals surface area contributed by atoms with Crippen molar-refractivity contribution in [2.45, 2.75) is 18.2 Å². The van der Waals surface area contributed by atoms with Crippen LogP contribution in [0, 0.1) is 6.92 Å². The Morgan fingerprint density at radius 1 is 1.21 bits per heavy atom. The predicted molar refractivity (Wildman–Crippen MR) is 106 cm³/mol. The van der Waals surface area contributed by atoms with Crippen molar-refractivity contribution < 1.29 is 22.4 Å². The van der Waals surface area contributed by atoms with E-state index in [4.69, 9.17) is 9.15 Å². The molecule has 1 aromatic heterocycles. The van der Waals surface area contributed by atoms with Gasteiger partial charge < -0.3 is 14.1 Å². The molecule has 0 spiro atoms. The highest BCUT2D eigenvalue weighted by atomic mass is 32.2. The molecular formula is C20H20N2O5S. The highest BCUT2D eigenvalue weighted by molar-refractivity contribution is 7.89. The van der Waals surface area contributed by atoms with Crippen molar-refractivity contribution in [3.63, 3.8) is 0 Å². The Bertz CT molecular complexity index is 1200. The van der Waals surface area contributed by atoms with Crippen LogP contribution in [0.5, 0.6) is 5.75 Å². The van der Waals surface area contributed by atoms with Gasteiger partial charge in [-0.05, 0) is 56.3 Å². The van der Waals surface area contributed by atoms with Crippen molar-refractivity contribution in [3.05, 3.63) is 53.3 Å². The molecule has 28 heavy (non-hydrogen) atoms. The molecular weight excluding hydrogens is 380 g/mol. The van der Waals surface area contributed by atoms with E-state index in [2.05, 4.69) is 4.72 Å². The number of methoxy groups -OCH3 is 1. The fourth-order valence-electron chi connectivity index (χ4n) is 3.53. The van der Waals surface area contributed by atoms with Gasteiger partial charge in [0.2, 0.25) is 10.0 Å². The largest absolute Gasteiger partial charge is 0.497 e. The Hall–Kier alpha value is -2.84. The summed E-state index contributed by atoms with van der Waals surface area (Å²) in [6.07, 6.45) is 0.585. The van der Waals surface area contributed by atoms with Crippen LogP contribution in [0.3, 0.4) is 0 Å². The van der Waals surface area contributed by atoms with Crippen molar-refractivity contribution in [2.24, 2.45) is 0 Å². The molecule has 1 aliphatic heterocycles. The summed E-state index contributed by atoms with van der Waals surface area (Å²) in [7, 11) is -0.575. The van der Waals surface area contributed by atoms with E-state index in [1.807, 2.05) is 19.1 Å². The number of nitrogens with one attached hydrogen (secondary N) is 1. The Morgan fingerprint density at radius 2 is 2.00 bits per heavy atom. The van der Waals surface area contributed by atoms with Crippen LogP contribution in [-0.4, -0.2) is 35.0 Å². The third-order valence-electron chi connectivity index (χ3n) is 5.11. The maximum absolute atomic E-state index is 13.2. The molecule has 3 aromatic rings. The Kier molecular flexibility index (Phi) is 4.40. The molecule has 0 radical (unpaired) electrons. The number of furan rings is 1. The number of nitrogens with zero attached hydrogens (tertiary/aromatic N) is 1. The number of hydrogen-bond acceptors (Lipinski definition) is 5. The van der Waals surface area contributed by atoms with E-state index in [0.717, 1.165) is 16.5 Å².